The molecule has 2 N–H and O–H groups in total. The Morgan fingerprint density at radius 1 is 1.27 bits per heavy atom. The maximum Gasteiger partial charge on any atom is 0.307 e. The number of fused-ring (bicyclic) bond motifs is 1. The van der Waals surface area contributed by atoms with Crippen molar-refractivity contribution in [3.63, 3.8) is 0 Å². The largest absolute Gasteiger partial charge is 0.506 e. The Labute approximate surface area is 129 Å². The number of hydrogen-bond acceptors (Lipinski definition) is 3. The van der Waals surface area contributed by atoms with Crippen LogP contribution in [-0.4, -0.2) is 28.6 Å². The van der Waals surface area contributed by atoms with Gasteiger partial charge in [-0.05, 0) is 29.4 Å². The van der Waals surface area contributed by atoms with Gasteiger partial charge in [0.2, 0.25) is 5.91 Å². The fourth-order valence-electron chi connectivity index (χ4n) is 3.78. The van der Waals surface area contributed by atoms with Gasteiger partial charge in [-0.15, -0.1) is 0 Å². The number of aromatic hydroxyl groups is 1. The van der Waals surface area contributed by atoms with Gasteiger partial charge in [-0.3, -0.25) is 9.59 Å². The van der Waals surface area contributed by atoms with E-state index in [9.17, 15) is 19.8 Å². The minimum Gasteiger partial charge on any atom is -0.506 e. The zero-order valence-corrected chi connectivity index (χ0v) is 13.0. The number of benzene rings is 1. The van der Waals surface area contributed by atoms with E-state index >= 15 is 0 Å². The lowest BCUT2D eigenvalue weighted by atomic mass is 9.90. The molecule has 1 heterocycles. The molecule has 1 aliphatic carbocycles. The Kier molecular flexibility index (Phi) is 3.20. The molecule has 1 aromatic carbocycles. The van der Waals surface area contributed by atoms with Gasteiger partial charge in [-0.2, -0.15) is 0 Å². The summed E-state index contributed by atoms with van der Waals surface area (Å²) in [6, 6.07) is 5.27. The van der Waals surface area contributed by atoms with Crippen LogP contribution < -0.4 is 4.90 Å². The number of amides is 1. The number of aliphatic carboxylic acids is 1. The van der Waals surface area contributed by atoms with Crippen molar-refractivity contribution in [3.8, 4) is 5.75 Å². The Morgan fingerprint density at radius 2 is 1.95 bits per heavy atom. The Hall–Kier alpha value is -2.04. The number of carboxylic acids is 1. The van der Waals surface area contributed by atoms with Crippen molar-refractivity contribution >= 4 is 17.6 Å². The summed E-state index contributed by atoms with van der Waals surface area (Å²) >= 11 is 0. The summed E-state index contributed by atoms with van der Waals surface area (Å²) in [6.07, 6.45) is 0.813. The van der Waals surface area contributed by atoms with Crippen LogP contribution in [0.2, 0.25) is 0 Å². The van der Waals surface area contributed by atoms with Crippen LogP contribution in [-0.2, 0) is 9.59 Å². The highest BCUT2D eigenvalue weighted by Gasteiger charge is 2.66. The highest BCUT2D eigenvalue weighted by molar-refractivity contribution is 6.03. The van der Waals surface area contributed by atoms with Crippen LogP contribution in [0.25, 0.3) is 0 Å². The lowest BCUT2D eigenvalue weighted by molar-refractivity contribution is -0.140. The Bertz CT molecular complexity index is 652. The first-order chi connectivity index (χ1) is 10.3. The highest BCUT2D eigenvalue weighted by Crippen LogP contribution is 2.59. The molecule has 0 saturated heterocycles. The van der Waals surface area contributed by atoms with Crippen molar-refractivity contribution in [2.75, 3.05) is 11.4 Å². The van der Waals surface area contributed by atoms with Crippen LogP contribution in [0.15, 0.2) is 18.2 Å². The number of para-hydroxylation sites is 1. The molecule has 2 aliphatic rings. The van der Waals surface area contributed by atoms with Gasteiger partial charge in [0.1, 0.15) is 5.75 Å². The van der Waals surface area contributed by atoms with Gasteiger partial charge in [0, 0.05) is 6.54 Å². The predicted octanol–water partition coefficient (Wildman–Crippen LogP) is 2.59. The van der Waals surface area contributed by atoms with Crippen molar-refractivity contribution in [1.82, 2.24) is 0 Å². The van der Waals surface area contributed by atoms with E-state index in [0.29, 0.717) is 12.2 Å². The standard InChI is InChI=1S/C17H21NO4/c1-9-7-8-18(14-10(9)5-4-6-11(14)19)15(20)12-13(16(21)22)17(12,2)3/h4-6,9,12-13,19H,7-8H2,1-3H3,(H,21,22)/t9?,12-,13+/m0/s1. The first-order valence-corrected chi connectivity index (χ1v) is 7.63. The first kappa shape index (κ1) is 14.9. The molecular weight excluding hydrogens is 282 g/mol. The second-order valence-electron chi connectivity index (χ2n) is 7.01. The fourth-order valence-corrected chi connectivity index (χ4v) is 3.78. The number of carbonyl (C=O) groups is 2. The summed E-state index contributed by atoms with van der Waals surface area (Å²) in [5, 5.41) is 19.5. The molecule has 3 atom stereocenters. The van der Waals surface area contributed by atoms with Gasteiger partial charge in [-0.1, -0.05) is 32.9 Å². The molecule has 1 unspecified atom stereocenters. The molecule has 5 heteroatoms. The third-order valence-electron chi connectivity index (χ3n) is 5.26. The van der Waals surface area contributed by atoms with Gasteiger partial charge in [0.05, 0.1) is 17.5 Å². The topological polar surface area (TPSA) is 77.8 Å². The third kappa shape index (κ3) is 1.99. The van der Waals surface area contributed by atoms with Gasteiger partial charge in [0.25, 0.3) is 0 Å². The maximum atomic E-state index is 12.9. The molecule has 1 aliphatic heterocycles. The summed E-state index contributed by atoms with van der Waals surface area (Å²) in [6.45, 7) is 6.21. The molecule has 0 spiro atoms. The summed E-state index contributed by atoms with van der Waals surface area (Å²) in [5.74, 6) is -1.92. The van der Waals surface area contributed by atoms with Crippen LogP contribution in [0, 0.1) is 17.3 Å². The van der Waals surface area contributed by atoms with Gasteiger partial charge >= 0.3 is 5.97 Å². The molecule has 1 saturated carbocycles. The van der Waals surface area contributed by atoms with Crippen molar-refractivity contribution in [2.24, 2.45) is 17.3 Å². The van der Waals surface area contributed by atoms with Crippen LogP contribution in [0.1, 0.15) is 38.7 Å². The first-order valence-electron chi connectivity index (χ1n) is 7.63. The second-order valence-corrected chi connectivity index (χ2v) is 7.01. The number of rotatable bonds is 2. The van der Waals surface area contributed by atoms with Crippen LogP contribution in [0.3, 0.4) is 0 Å². The molecule has 118 valence electrons. The Balaban J connectivity index is 1.97. The summed E-state index contributed by atoms with van der Waals surface area (Å²) in [5.41, 5.74) is 0.972. The zero-order chi connectivity index (χ0) is 16.2. The van der Waals surface area contributed by atoms with Gasteiger partial charge in [-0.25, -0.2) is 0 Å². The van der Waals surface area contributed by atoms with E-state index in [1.54, 1.807) is 17.0 Å². The van der Waals surface area contributed by atoms with E-state index in [-0.39, 0.29) is 17.6 Å². The summed E-state index contributed by atoms with van der Waals surface area (Å²) < 4.78 is 0. The van der Waals surface area contributed by atoms with Crippen molar-refractivity contribution in [1.29, 1.82) is 0 Å². The molecule has 22 heavy (non-hydrogen) atoms. The smallest absolute Gasteiger partial charge is 0.307 e. The Morgan fingerprint density at radius 3 is 2.55 bits per heavy atom. The monoisotopic (exact) mass is 303 g/mol. The number of carbonyl (C=O) groups excluding carboxylic acids is 1. The highest BCUT2D eigenvalue weighted by atomic mass is 16.4. The molecule has 1 fully saturated rings. The summed E-state index contributed by atoms with van der Waals surface area (Å²) in [7, 11) is 0. The average Bonchev–Trinajstić information content (AvgIpc) is 3.02. The van der Waals surface area contributed by atoms with E-state index in [2.05, 4.69) is 6.92 Å². The van der Waals surface area contributed by atoms with Gasteiger partial charge in [0.15, 0.2) is 0 Å². The minimum atomic E-state index is -0.925. The SMILES string of the molecule is CC1CCN(C(=O)[C@@H]2[C@H](C(=O)O)C2(C)C)c2c(O)cccc21. The molecule has 5 nitrogen and oxygen atoms in total. The molecule has 3 rings (SSSR count). The molecule has 0 radical (unpaired) electrons. The lowest BCUT2D eigenvalue weighted by Gasteiger charge is -2.33. The normalized spacial score (nSPS) is 28.9. The van der Waals surface area contributed by atoms with Crippen LogP contribution in [0.5, 0.6) is 5.75 Å². The van der Waals surface area contributed by atoms with Crippen molar-refractivity contribution in [3.05, 3.63) is 23.8 Å². The number of phenolic OH excluding ortho intramolecular Hbond substituents is 1. The molecule has 1 aromatic rings. The van der Waals surface area contributed by atoms with Crippen molar-refractivity contribution < 1.29 is 19.8 Å². The van der Waals surface area contributed by atoms with E-state index in [1.807, 2.05) is 19.9 Å². The van der Waals surface area contributed by atoms with Crippen molar-refractivity contribution in [2.45, 2.75) is 33.1 Å². The zero-order valence-electron chi connectivity index (χ0n) is 13.0. The molecule has 0 aromatic heterocycles. The van der Waals surface area contributed by atoms with Crippen LogP contribution >= 0.6 is 0 Å². The number of carboxylic acid groups (broad SMARTS) is 1. The second kappa shape index (κ2) is 4.73. The molecular formula is C17H21NO4. The number of nitrogens with zero attached hydrogens (tertiary/aromatic N) is 1. The third-order valence-corrected chi connectivity index (χ3v) is 5.26. The lowest BCUT2D eigenvalue weighted by Crippen LogP contribution is -2.38. The number of hydrogen-bond donors (Lipinski definition) is 2. The maximum absolute atomic E-state index is 12.9. The predicted molar refractivity (Wildman–Crippen MR) is 81.9 cm³/mol. The van der Waals surface area contributed by atoms with Crippen LogP contribution in [0.4, 0.5) is 5.69 Å². The minimum absolute atomic E-state index is 0.0859. The molecule has 1 amide bonds. The van der Waals surface area contributed by atoms with Gasteiger partial charge < -0.3 is 15.1 Å². The number of phenols is 1. The van der Waals surface area contributed by atoms with E-state index in [0.717, 1.165) is 12.0 Å². The number of anilines is 1. The quantitative estimate of drug-likeness (QED) is 0.880. The fraction of sp³-hybridized carbons (Fsp3) is 0.529. The molecule has 0 bridgehead atoms. The van der Waals surface area contributed by atoms with E-state index in [1.165, 1.54) is 0 Å². The van der Waals surface area contributed by atoms with E-state index < -0.39 is 23.2 Å². The average molecular weight is 303 g/mol. The van der Waals surface area contributed by atoms with E-state index in [4.69, 9.17) is 0 Å². The summed E-state index contributed by atoms with van der Waals surface area (Å²) in [4.78, 5) is 25.8.